The molecule has 2 fully saturated rings. The summed E-state index contributed by atoms with van der Waals surface area (Å²) < 4.78 is 32.6. The molecular formula is C30H32O20. The third-order valence-corrected chi connectivity index (χ3v) is 7.85. The molecule has 1 aromatic heterocycles. The molecule has 0 amide bonds. The Labute approximate surface area is 278 Å². The first-order chi connectivity index (χ1) is 23.6. The van der Waals surface area contributed by atoms with Crippen LogP contribution in [-0.2, 0) is 23.8 Å². The van der Waals surface area contributed by atoms with Crippen molar-refractivity contribution in [3.05, 3.63) is 40.6 Å². The largest absolute Gasteiger partial charge is 0.507 e. The quantitative estimate of drug-likeness (QED) is 0.0565. The molecule has 2 saturated heterocycles. The van der Waals surface area contributed by atoms with E-state index >= 15 is 0 Å². The van der Waals surface area contributed by atoms with Gasteiger partial charge in [0.2, 0.25) is 23.8 Å². The number of aliphatic hydroxyl groups excluding tert-OH is 7. The summed E-state index contributed by atoms with van der Waals surface area (Å²) in [6.07, 6.45) is -19.1. The summed E-state index contributed by atoms with van der Waals surface area (Å²) >= 11 is 0. The molecule has 272 valence electrons. The number of aromatic hydroxyl groups is 3. The third-order valence-electron chi connectivity index (χ3n) is 7.85. The lowest BCUT2D eigenvalue weighted by molar-refractivity contribution is -0.278. The molecule has 20 nitrogen and oxygen atoms in total. The van der Waals surface area contributed by atoms with Crippen molar-refractivity contribution in [1.29, 1.82) is 0 Å². The predicted molar refractivity (Wildman–Crippen MR) is 158 cm³/mol. The molecule has 0 saturated carbocycles. The highest BCUT2D eigenvalue weighted by atomic mass is 16.7. The second kappa shape index (κ2) is 14.6. The Balaban J connectivity index is 1.54. The van der Waals surface area contributed by atoms with Gasteiger partial charge in [-0.25, -0.2) is 0 Å². The predicted octanol–water partition coefficient (Wildman–Crippen LogP) is -3.04. The van der Waals surface area contributed by atoms with Crippen LogP contribution < -0.4 is 14.9 Å². The number of aliphatic carboxylic acids is 1. The first-order valence-electron chi connectivity index (χ1n) is 14.7. The number of carboxylic acids is 1. The molecule has 0 radical (unpaired) electrons. The normalized spacial score (nSPS) is 29.7. The average Bonchev–Trinajstić information content (AvgIpc) is 3.06. The van der Waals surface area contributed by atoms with Gasteiger partial charge in [0.15, 0.2) is 17.3 Å². The Morgan fingerprint density at radius 3 is 1.98 bits per heavy atom. The van der Waals surface area contributed by atoms with E-state index in [2.05, 4.69) is 0 Å². The molecule has 10 atom stereocenters. The molecule has 4 unspecified atom stereocenters. The Morgan fingerprint density at radius 1 is 0.740 bits per heavy atom. The van der Waals surface area contributed by atoms with E-state index < -0.39 is 138 Å². The SMILES string of the molecule is O=C(O)CC(=O)OCC1O[C@@H](Oc2c(-c3ccc(O)c(O)c3)oc3cc(O[C@@H]4OC(CO)[C@@H](O)[C@H](O)C4O)cc(O)c3c2=O)C(O)[C@@H](O)[C@@H]1O. The van der Waals surface area contributed by atoms with Crippen molar-refractivity contribution in [3.63, 3.8) is 0 Å². The van der Waals surface area contributed by atoms with Crippen molar-refractivity contribution in [1.82, 2.24) is 0 Å². The zero-order chi connectivity index (χ0) is 36.6. The molecule has 2 aliphatic rings. The highest BCUT2D eigenvalue weighted by Gasteiger charge is 2.47. The second-order valence-electron chi connectivity index (χ2n) is 11.3. The van der Waals surface area contributed by atoms with E-state index in [9.17, 15) is 65.4 Å². The minimum absolute atomic E-state index is 0.140. The van der Waals surface area contributed by atoms with E-state index in [1.165, 1.54) is 6.07 Å². The third kappa shape index (κ3) is 7.23. The van der Waals surface area contributed by atoms with E-state index in [1.54, 1.807) is 0 Å². The molecule has 2 aliphatic heterocycles. The Kier molecular flexibility index (Phi) is 10.7. The fourth-order valence-electron chi connectivity index (χ4n) is 5.20. The van der Waals surface area contributed by atoms with E-state index in [4.69, 9.17) is 33.2 Å². The summed E-state index contributed by atoms with van der Waals surface area (Å²) in [4.78, 5) is 36.4. The van der Waals surface area contributed by atoms with Gasteiger partial charge in [-0.2, -0.15) is 0 Å². The van der Waals surface area contributed by atoms with Crippen LogP contribution >= 0.6 is 0 Å². The summed E-state index contributed by atoms with van der Waals surface area (Å²) in [5.41, 5.74) is -1.71. The van der Waals surface area contributed by atoms with Crippen molar-refractivity contribution >= 4 is 22.9 Å². The van der Waals surface area contributed by atoms with Gasteiger partial charge in [-0.15, -0.1) is 0 Å². The number of carbonyl (C=O) groups is 2. The lowest BCUT2D eigenvalue weighted by Gasteiger charge is -2.39. The van der Waals surface area contributed by atoms with Gasteiger partial charge in [0, 0.05) is 17.7 Å². The monoisotopic (exact) mass is 712 g/mol. The van der Waals surface area contributed by atoms with Crippen LogP contribution in [0, 0.1) is 0 Å². The van der Waals surface area contributed by atoms with Gasteiger partial charge in [0.05, 0.1) is 6.61 Å². The zero-order valence-electron chi connectivity index (χ0n) is 25.4. The van der Waals surface area contributed by atoms with Gasteiger partial charge in [0.25, 0.3) is 0 Å². The molecule has 0 aliphatic carbocycles. The smallest absolute Gasteiger partial charge is 0.317 e. The second-order valence-corrected chi connectivity index (χ2v) is 11.3. The number of carboxylic acid groups (broad SMARTS) is 1. The van der Waals surface area contributed by atoms with Crippen LogP contribution in [0.4, 0.5) is 0 Å². The fraction of sp³-hybridized carbons (Fsp3) is 0.433. The minimum Gasteiger partial charge on any atom is -0.507 e. The molecular weight excluding hydrogens is 680 g/mol. The molecule has 20 heteroatoms. The zero-order valence-corrected chi connectivity index (χ0v) is 25.4. The number of aliphatic hydroxyl groups is 7. The molecule has 0 bridgehead atoms. The molecule has 3 aromatic rings. The first-order valence-corrected chi connectivity index (χ1v) is 14.7. The van der Waals surface area contributed by atoms with Crippen LogP contribution in [0.3, 0.4) is 0 Å². The van der Waals surface area contributed by atoms with Gasteiger partial charge in [-0.1, -0.05) is 0 Å². The maximum atomic E-state index is 13.9. The summed E-state index contributed by atoms with van der Waals surface area (Å²) in [5.74, 6) is -6.46. The summed E-state index contributed by atoms with van der Waals surface area (Å²) in [6, 6.07) is 5.05. The number of fused-ring (bicyclic) bond motifs is 1. The number of hydrogen-bond donors (Lipinski definition) is 11. The van der Waals surface area contributed by atoms with Gasteiger partial charge in [0.1, 0.15) is 84.3 Å². The highest BCUT2D eigenvalue weighted by molar-refractivity contribution is 5.90. The van der Waals surface area contributed by atoms with Crippen molar-refractivity contribution in [2.75, 3.05) is 13.2 Å². The van der Waals surface area contributed by atoms with Gasteiger partial charge in [-0.05, 0) is 18.2 Å². The Morgan fingerprint density at radius 2 is 1.36 bits per heavy atom. The van der Waals surface area contributed by atoms with Crippen LogP contribution in [0.25, 0.3) is 22.3 Å². The van der Waals surface area contributed by atoms with Gasteiger partial charge >= 0.3 is 11.9 Å². The van der Waals surface area contributed by atoms with Crippen molar-refractivity contribution in [3.8, 4) is 40.1 Å². The molecule has 0 spiro atoms. The number of hydrogen-bond acceptors (Lipinski definition) is 19. The number of ether oxygens (including phenoxy) is 5. The maximum Gasteiger partial charge on any atom is 0.317 e. The van der Waals surface area contributed by atoms with Crippen LogP contribution in [-0.4, -0.2) is 143 Å². The Bertz CT molecular complexity index is 1790. The number of esters is 1. The lowest BCUT2D eigenvalue weighted by atomic mass is 9.99. The van der Waals surface area contributed by atoms with Crippen molar-refractivity contribution < 1.29 is 93.9 Å². The van der Waals surface area contributed by atoms with Crippen LogP contribution in [0.2, 0.25) is 0 Å². The van der Waals surface area contributed by atoms with Crippen molar-refractivity contribution in [2.24, 2.45) is 0 Å². The molecule has 5 rings (SSSR count). The van der Waals surface area contributed by atoms with E-state index in [0.717, 1.165) is 24.3 Å². The molecule has 11 N–H and O–H groups in total. The van der Waals surface area contributed by atoms with Crippen LogP contribution in [0.5, 0.6) is 28.7 Å². The molecule has 2 aromatic carbocycles. The number of rotatable bonds is 10. The van der Waals surface area contributed by atoms with E-state index in [0.29, 0.717) is 0 Å². The molecule has 3 heterocycles. The fourth-order valence-corrected chi connectivity index (χ4v) is 5.20. The Hall–Kier alpha value is -4.77. The lowest BCUT2D eigenvalue weighted by Crippen LogP contribution is -2.60. The number of phenols is 3. The summed E-state index contributed by atoms with van der Waals surface area (Å²) in [5, 5.41) is 111. The van der Waals surface area contributed by atoms with Gasteiger partial charge < -0.3 is 84.3 Å². The summed E-state index contributed by atoms with van der Waals surface area (Å²) in [6.45, 7) is -1.58. The highest BCUT2D eigenvalue weighted by Crippen LogP contribution is 2.40. The van der Waals surface area contributed by atoms with Crippen LogP contribution in [0.15, 0.2) is 39.5 Å². The van der Waals surface area contributed by atoms with E-state index in [-0.39, 0.29) is 11.3 Å². The molecule has 50 heavy (non-hydrogen) atoms. The van der Waals surface area contributed by atoms with Crippen molar-refractivity contribution in [2.45, 2.75) is 67.8 Å². The number of benzene rings is 2. The van der Waals surface area contributed by atoms with Gasteiger partial charge in [-0.3, -0.25) is 14.4 Å². The average molecular weight is 713 g/mol. The van der Waals surface area contributed by atoms with E-state index in [1.807, 2.05) is 0 Å². The standard InChI is InChI=1S/C30H32O20/c31-7-15-20(38)23(41)25(43)29(48-15)46-10-4-13(34)19-14(5-10)47-27(9-1-2-11(32)12(33)3-9)28(22(19)40)50-30-26(44)24(42)21(39)16(49-30)8-45-18(37)6-17(35)36/h1-5,15-16,20-21,23-26,29-34,38-39,41-44H,6-8H2,(H,35,36)/t15?,16?,20-,21-,23+,24+,25?,26?,29-,30+/m1/s1. The maximum absolute atomic E-state index is 13.9. The number of phenolic OH excluding ortho intramolecular Hbond substituents is 3. The number of carbonyl (C=O) groups excluding carboxylic acids is 1. The minimum atomic E-state index is -2.07. The summed E-state index contributed by atoms with van der Waals surface area (Å²) in [7, 11) is 0. The first kappa shape index (κ1) is 36.5. The van der Waals surface area contributed by atoms with Crippen LogP contribution in [0.1, 0.15) is 6.42 Å². The topological polar surface area (TPSA) is 333 Å².